The molecule has 0 saturated carbocycles. The predicted octanol–water partition coefficient (Wildman–Crippen LogP) is 12.5. The summed E-state index contributed by atoms with van der Waals surface area (Å²) in [6.45, 7) is 32.4. The minimum Gasteiger partial charge on any atom is -0.501 e. The molecule has 88 heavy (non-hydrogen) atoms. The summed E-state index contributed by atoms with van der Waals surface area (Å²) in [4.78, 5) is 40.3. The number of carbonyl (C=O) groups is 2. The molecule has 5 aliphatic rings. The number of hydrogen-bond donors (Lipinski definition) is 3. The molecule has 3 aromatic rings. The first-order valence-electron chi connectivity index (χ1n) is 30.7. The number of fused-ring (bicyclic) bond motifs is 1. The molecule has 0 radical (unpaired) electrons. The number of hydrogen-bond acceptors (Lipinski definition) is 14. The number of carbonyl (C=O) groups excluding carboxylic acids is 2. The van der Waals surface area contributed by atoms with Crippen LogP contribution in [-0.4, -0.2) is 126 Å². The highest BCUT2D eigenvalue weighted by Crippen LogP contribution is 2.39. The van der Waals surface area contributed by atoms with Crippen LogP contribution in [0.3, 0.4) is 0 Å². The third-order valence-electron chi connectivity index (χ3n) is 15.3. The number of aromatic nitrogens is 3. The molecule has 8 rings (SSSR count). The van der Waals surface area contributed by atoms with Crippen molar-refractivity contribution in [2.75, 3.05) is 92.5 Å². The maximum Gasteiger partial charge on any atom is 0.224 e. The van der Waals surface area contributed by atoms with Crippen LogP contribution in [0.2, 0.25) is 0 Å². The van der Waals surface area contributed by atoms with E-state index in [9.17, 15) is 14.0 Å². The molecular formula is C69H97F2N7O10. The number of aromatic amines is 1. The SMILES string of the molecule is C=C(F)c1cc(C)[nH]c1/C=C\CCOc1ncnc(=C/C)/c1=C\C(=C\OC)OC.C=NC1=CCC(COCC)=C(OC)C=C1/C(=C\C)Oc1ccc2c(c1F)CC=CN2.CC.CCC(=O)NCCC1(CC)COC1.CCCC(=O)N1CCC2(CC1)COC2. The van der Waals surface area contributed by atoms with Crippen molar-refractivity contribution in [1.82, 2.24) is 25.2 Å². The second-order valence-corrected chi connectivity index (χ2v) is 21.2. The Hall–Kier alpha value is -7.61. The third kappa shape index (κ3) is 21.6. The summed E-state index contributed by atoms with van der Waals surface area (Å²) >= 11 is 0. The molecule has 17 nitrogen and oxygen atoms in total. The van der Waals surface area contributed by atoms with E-state index in [4.69, 9.17) is 37.9 Å². The van der Waals surface area contributed by atoms with Crippen molar-refractivity contribution in [2.45, 2.75) is 127 Å². The van der Waals surface area contributed by atoms with Crippen molar-refractivity contribution in [3.05, 3.63) is 147 Å². The lowest BCUT2D eigenvalue weighted by Gasteiger charge is -2.47. The molecule has 4 aliphatic heterocycles. The fourth-order valence-electron chi connectivity index (χ4n) is 9.82. The largest absolute Gasteiger partial charge is 0.501 e. The van der Waals surface area contributed by atoms with Gasteiger partial charge in [-0.25, -0.2) is 18.7 Å². The van der Waals surface area contributed by atoms with E-state index in [0.717, 1.165) is 100 Å². The summed E-state index contributed by atoms with van der Waals surface area (Å²) in [7, 11) is 4.70. The number of anilines is 1. The van der Waals surface area contributed by atoms with Gasteiger partial charge in [0.15, 0.2) is 17.3 Å². The molecule has 0 unspecified atom stereocenters. The Balaban J connectivity index is 0.000000264. The van der Waals surface area contributed by atoms with Gasteiger partial charge >= 0.3 is 0 Å². The van der Waals surface area contributed by atoms with Crippen LogP contribution in [-0.2, 0) is 44.4 Å². The van der Waals surface area contributed by atoms with Crippen molar-refractivity contribution >= 4 is 48.3 Å². The zero-order chi connectivity index (χ0) is 64.5. The molecule has 1 aliphatic carbocycles. The molecule has 1 spiro atoms. The van der Waals surface area contributed by atoms with Crippen LogP contribution >= 0.6 is 0 Å². The topological polar surface area (TPSA) is 189 Å². The number of H-pyrrole nitrogens is 1. The summed E-state index contributed by atoms with van der Waals surface area (Å²) in [5, 5.41) is 7.36. The molecule has 2 aromatic heterocycles. The number of likely N-dealkylation sites (tertiary alicyclic amines) is 1. The van der Waals surface area contributed by atoms with Crippen LogP contribution < -0.4 is 30.7 Å². The first-order chi connectivity index (χ1) is 42.6. The number of ether oxygens (including phenoxy) is 8. The summed E-state index contributed by atoms with van der Waals surface area (Å²) < 4.78 is 72.3. The molecular weight excluding hydrogens is 1120 g/mol. The van der Waals surface area contributed by atoms with E-state index in [1.54, 1.807) is 51.8 Å². The van der Waals surface area contributed by atoms with Crippen LogP contribution in [0, 0.1) is 23.6 Å². The van der Waals surface area contributed by atoms with E-state index >= 15 is 4.39 Å². The number of methoxy groups -OCH3 is 3. The number of halogens is 2. The lowest BCUT2D eigenvalue weighted by Crippen LogP contribution is -2.52. The van der Waals surface area contributed by atoms with E-state index in [1.807, 2.05) is 95.9 Å². The van der Waals surface area contributed by atoms with Crippen LogP contribution in [0.5, 0.6) is 11.6 Å². The zero-order valence-corrected chi connectivity index (χ0v) is 54.3. The fraction of sp³-hybridized carbons (Fsp3) is 0.493. The van der Waals surface area contributed by atoms with Gasteiger partial charge in [-0.1, -0.05) is 65.5 Å². The van der Waals surface area contributed by atoms with Gasteiger partial charge in [-0.2, -0.15) is 0 Å². The molecule has 6 heterocycles. The van der Waals surface area contributed by atoms with Gasteiger partial charge < -0.3 is 58.4 Å². The number of aryl methyl sites for hydroxylation is 1. The molecule has 0 bridgehead atoms. The highest BCUT2D eigenvalue weighted by atomic mass is 19.1. The summed E-state index contributed by atoms with van der Waals surface area (Å²) in [6, 6.07) is 5.17. The normalized spacial score (nSPS) is 16.7. The van der Waals surface area contributed by atoms with Gasteiger partial charge in [0.05, 0.1) is 77.2 Å². The van der Waals surface area contributed by atoms with Gasteiger partial charge in [0.1, 0.15) is 29.9 Å². The first kappa shape index (κ1) is 72.9. The van der Waals surface area contributed by atoms with Gasteiger partial charge in [-0.05, 0) is 134 Å². The van der Waals surface area contributed by atoms with Crippen LogP contribution in [0.1, 0.15) is 136 Å². The smallest absolute Gasteiger partial charge is 0.224 e. The Bertz CT molecular complexity index is 3100. The molecule has 3 fully saturated rings. The number of rotatable bonds is 24. The Kier molecular flexibility index (Phi) is 32.0. The molecule has 19 heteroatoms. The second kappa shape index (κ2) is 38.6. The Morgan fingerprint density at radius 3 is 2.33 bits per heavy atom. The average molecular weight is 1220 g/mol. The van der Waals surface area contributed by atoms with E-state index in [2.05, 4.69) is 57.7 Å². The summed E-state index contributed by atoms with van der Waals surface area (Å²) in [6.07, 6.45) is 28.0. The lowest BCUT2D eigenvalue weighted by molar-refractivity contribution is -0.153. The molecule has 1 aromatic carbocycles. The third-order valence-corrected chi connectivity index (χ3v) is 15.3. The monoisotopic (exact) mass is 1220 g/mol. The number of amides is 2. The number of aliphatic imine (C=N–C) groups is 1. The number of benzene rings is 1. The molecule has 0 atom stereocenters. The van der Waals surface area contributed by atoms with Gasteiger partial charge in [0, 0.05) is 89.3 Å². The highest BCUT2D eigenvalue weighted by molar-refractivity contribution is 5.76. The molecule has 3 N–H and O–H groups in total. The Labute approximate surface area is 521 Å². The van der Waals surface area contributed by atoms with Crippen LogP contribution in [0.4, 0.5) is 14.5 Å². The second-order valence-electron chi connectivity index (χ2n) is 21.2. The van der Waals surface area contributed by atoms with Crippen molar-refractivity contribution in [1.29, 1.82) is 0 Å². The predicted molar refractivity (Wildman–Crippen MR) is 348 cm³/mol. The van der Waals surface area contributed by atoms with Crippen molar-refractivity contribution in [3.8, 4) is 11.6 Å². The van der Waals surface area contributed by atoms with E-state index in [1.165, 1.54) is 12.6 Å². The minimum atomic E-state index is -0.465. The number of nitrogens with zero attached hydrogens (tertiary/aromatic N) is 4. The molecule has 3 saturated heterocycles. The van der Waals surface area contributed by atoms with Crippen LogP contribution in [0.15, 0.2) is 113 Å². The average Bonchev–Trinajstić information content (AvgIpc) is 1.73. The summed E-state index contributed by atoms with van der Waals surface area (Å²) in [5.74, 6) is 1.89. The minimum absolute atomic E-state index is 0.145. The number of nitrogens with one attached hydrogen (secondary N) is 3. The lowest BCUT2D eigenvalue weighted by atomic mass is 9.77. The van der Waals surface area contributed by atoms with Gasteiger partial charge in [0.25, 0.3) is 0 Å². The maximum atomic E-state index is 15.1. The Morgan fingerprint density at radius 2 is 1.75 bits per heavy atom. The van der Waals surface area contributed by atoms with Crippen molar-refractivity contribution in [3.63, 3.8) is 0 Å². The van der Waals surface area contributed by atoms with E-state index in [-0.39, 0.29) is 17.5 Å². The standard InChI is InChI=1S/C24H27FN2O3.C22H26FN3O3.C11H19NO2.C10H19NO2.C2H6/c1-5-21(30-22-12-11-20-17(24(22)25)8-7-13-27-20)18-14-23(28-4)16(15-29-6-2)9-10-19(18)26-3;1-6-20-19(12-17(28-5)13-27-4)22(25-14-24-20)29-10-8-7-9-21-18(16(3)23)11-15(2)26-21;1-2-3-10(13)12-6-4-11(5-7-12)8-14-9-11;1-3-9(12)11-6-5-10(4-2)7-13-8-10;1-2/h5,7,10-14,27H,3,6,8-9,15H2,1-2,4H3;6-7,9,11-14,26H,3,8,10H2,1-2,4-5H3;2-9H2,1H3;3-8H2,1-2H3,(H,11,12);1-2H3/b21-5+;9-7-,17-13-,19-12+,20-6+;;;. The fourth-order valence-corrected chi connectivity index (χ4v) is 9.82. The van der Waals surface area contributed by atoms with Gasteiger partial charge in [-0.15, -0.1) is 0 Å². The van der Waals surface area contributed by atoms with Crippen molar-refractivity contribution in [2.24, 2.45) is 15.8 Å². The highest BCUT2D eigenvalue weighted by Gasteiger charge is 2.42. The zero-order valence-electron chi connectivity index (χ0n) is 54.3. The van der Waals surface area contributed by atoms with E-state index in [0.29, 0.717) is 125 Å². The number of allylic oxidation sites excluding steroid dienone is 5. The summed E-state index contributed by atoms with van der Waals surface area (Å²) in [5.41, 5.74) is 6.46. The van der Waals surface area contributed by atoms with Crippen molar-refractivity contribution < 1.29 is 56.3 Å². The van der Waals surface area contributed by atoms with E-state index < -0.39 is 5.83 Å². The molecule has 2 amide bonds. The quantitative estimate of drug-likeness (QED) is 0.0437. The Morgan fingerprint density at radius 1 is 1.01 bits per heavy atom. The number of piperidine rings is 1. The van der Waals surface area contributed by atoms with Crippen LogP contribution in [0.25, 0.3) is 24.1 Å². The van der Waals surface area contributed by atoms with Gasteiger partial charge in [0.2, 0.25) is 17.7 Å². The maximum absolute atomic E-state index is 15.1. The molecule has 482 valence electrons. The first-order valence-corrected chi connectivity index (χ1v) is 30.7. The van der Waals surface area contributed by atoms with Gasteiger partial charge in [-0.3, -0.25) is 14.6 Å².